The second-order valence-electron chi connectivity index (χ2n) is 4.34. The number of aliphatic hydroxyl groups excluding tert-OH is 1. The molecule has 4 heteroatoms. The van der Waals surface area contributed by atoms with E-state index in [9.17, 15) is 9.50 Å². The van der Waals surface area contributed by atoms with Crippen LogP contribution in [-0.4, -0.2) is 5.11 Å². The van der Waals surface area contributed by atoms with Gasteiger partial charge in [-0.2, -0.15) is 0 Å². The van der Waals surface area contributed by atoms with E-state index in [1.54, 1.807) is 6.07 Å². The summed E-state index contributed by atoms with van der Waals surface area (Å²) in [7, 11) is 0. The number of hydrogen-bond donors (Lipinski definition) is 1. The van der Waals surface area contributed by atoms with Gasteiger partial charge in [0.2, 0.25) is 0 Å². The van der Waals surface area contributed by atoms with E-state index in [4.69, 9.17) is 16.0 Å². The Hall–Kier alpha value is -1.32. The minimum atomic E-state index is -0.677. The van der Waals surface area contributed by atoms with Gasteiger partial charge in [0.1, 0.15) is 17.3 Å². The number of furan rings is 1. The third-order valence-electron chi connectivity index (χ3n) is 2.85. The molecule has 1 N–H and O–H groups in total. The number of hydrogen-bond acceptors (Lipinski definition) is 2. The molecule has 0 saturated heterocycles. The zero-order valence-electron chi connectivity index (χ0n) is 10.2. The summed E-state index contributed by atoms with van der Waals surface area (Å²) >= 11 is 5.70. The lowest BCUT2D eigenvalue weighted by Crippen LogP contribution is -2.02. The predicted molar refractivity (Wildman–Crippen MR) is 68.3 cm³/mol. The molecular formula is C14H14ClFO2. The quantitative estimate of drug-likeness (QED) is 0.914. The summed E-state index contributed by atoms with van der Waals surface area (Å²) in [6.45, 7) is 3.64. The fourth-order valence-electron chi connectivity index (χ4n) is 1.98. The maximum Gasteiger partial charge on any atom is 0.141 e. The van der Waals surface area contributed by atoms with Crippen LogP contribution in [0.1, 0.15) is 28.8 Å². The van der Waals surface area contributed by atoms with E-state index in [1.807, 2.05) is 19.9 Å². The van der Waals surface area contributed by atoms with E-state index < -0.39 is 11.9 Å². The van der Waals surface area contributed by atoms with Gasteiger partial charge in [-0.3, -0.25) is 0 Å². The molecule has 0 saturated carbocycles. The monoisotopic (exact) mass is 268 g/mol. The second-order valence-corrected chi connectivity index (χ2v) is 4.74. The summed E-state index contributed by atoms with van der Waals surface area (Å²) in [5.41, 5.74) is 1.54. The Bertz CT molecular complexity index is 563. The van der Waals surface area contributed by atoms with Crippen LogP contribution < -0.4 is 0 Å². The molecule has 96 valence electrons. The van der Waals surface area contributed by atoms with Crippen molar-refractivity contribution in [3.05, 3.63) is 57.8 Å². The molecule has 0 fully saturated rings. The van der Waals surface area contributed by atoms with Crippen molar-refractivity contribution in [2.24, 2.45) is 0 Å². The summed E-state index contributed by atoms with van der Waals surface area (Å²) in [5.74, 6) is 1.01. The van der Waals surface area contributed by atoms with Crippen LogP contribution in [0.25, 0.3) is 0 Å². The maximum atomic E-state index is 13.0. The summed E-state index contributed by atoms with van der Waals surface area (Å²) in [6.07, 6.45) is -0.302. The molecule has 1 atom stereocenters. The summed E-state index contributed by atoms with van der Waals surface area (Å²) < 4.78 is 18.4. The number of benzene rings is 1. The number of aryl methyl sites for hydroxylation is 2. The van der Waals surface area contributed by atoms with Crippen LogP contribution in [0.2, 0.25) is 5.02 Å². The molecule has 0 radical (unpaired) electrons. The van der Waals surface area contributed by atoms with Gasteiger partial charge < -0.3 is 9.52 Å². The normalized spacial score (nSPS) is 12.7. The Kier molecular flexibility index (Phi) is 3.73. The lowest BCUT2D eigenvalue weighted by atomic mass is 10.0. The fraction of sp³-hybridized carbons (Fsp3) is 0.286. The van der Waals surface area contributed by atoms with Crippen LogP contribution in [0.5, 0.6) is 0 Å². The Balaban J connectivity index is 2.18. The summed E-state index contributed by atoms with van der Waals surface area (Å²) in [4.78, 5) is 0. The van der Waals surface area contributed by atoms with Gasteiger partial charge in [0, 0.05) is 12.0 Å². The highest BCUT2D eigenvalue weighted by atomic mass is 35.5. The van der Waals surface area contributed by atoms with Crippen molar-refractivity contribution in [1.29, 1.82) is 0 Å². The third-order valence-corrected chi connectivity index (χ3v) is 3.14. The van der Waals surface area contributed by atoms with Crippen molar-refractivity contribution in [1.82, 2.24) is 0 Å². The lowest BCUT2D eigenvalue weighted by molar-refractivity contribution is 0.176. The molecule has 0 aliphatic rings. The van der Waals surface area contributed by atoms with Crippen LogP contribution in [0.3, 0.4) is 0 Å². The van der Waals surface area contributed by atoms with Gasteiger partial charge in [0.25, 0.3) is 0 Å². The molecule has 2 aromatic rings. The van der Waals surface area contributed by atoms with Gasteiger partial charge in [0.05, 0.1) is 11.1 Å². The molecule has 2 nitrogen and oxygen atoms in total. The van der Waals surface area contributed by atoms with E-state index in [-0.39, 0.29) is 5.02 Å². The second kappa shape index (κ2) is 5.12. The summed E-state index contributed by atoms with van der Waals surface area (Å²) in [6, 6.07) is 6.26. The van der Waals surface area contributed by atoms with Crippen molar-refractivity contribution in [3.63, 3.8) is 0 Å². The standard InChI is InChI=1S/C14H14ClFO2/c1-8-5-11(9(2)18-8)14(17)7-10-3-4-13(16)12(15)6-10/h3-6,14,17H,7H2,1-2H3. The SMILES string of the molecule is Cc1cc(C(O)Cc2ccc(F)c(Cl)c2)c(C)o1. The predicted octanol–water partition coefficient (Wildman–Crippen LogP) is 3.97. The molecule has 0 spiro atoms. The molecule has 0 aliphatic carbocycles. The number of rotatable bonds is 3. The van der Waals surface area contributed by atoms with Crippen LogP contribution in [-0.2, 0) is 6.42 Å². The topological polar surface area (TPSA) is 33.4 Å². The molecule has 1 aromatic carbocycles. The van der Waals surface area contributed by atoms with Gasteiger partial charge in [-0.15, -0.1) is 0 Å². The van der Waals surface area contributed by atoms with Crippen molar-refractivity contribution >= 4 is 11.6 Å². The van der Waals surface area contributed by atoms with Gasteiger partial charge in [-0.05, 0) is 37.6 Å². The van der Waals surface area contributed by atoms with E-state index in [1.165, 1.54) is 12.1 Å². The molecular weight excluding hydrogens is 255 g/mol. The first-order chi connectivity index (χ1) is 8.47. The number of halogens is 2. The van der Waals surface area contributed by atoms with Gasteiger partial charge in [-0.1, -0.05) is 17.7 Å². The molecule has 1 unspecified atom stereocenters. The highest BCUT2D eigenvalue weighted by Gasteiger charge is 2.15. The van der Waals surface area contributed by atoms with Crippen molar-refractivity contribution < 1.29 is 13.9 Å². The van der Waals surface area contributed by atoms with E-state index in [2.05, 4.69) is 0 Å². The van der Waals surface area contributed by atoms with Crippen LogP contribution in [0, 0.1) is 19.7 Å². The molecule has 0 aliphatic heterocycles. The molecule has 1 aromatic heterocycles. The van der Waals surface area contributed by atoms with Crippen molar-refractivity contribution in [3.8, 4) is 0 Å². The Morgan fingerprint density at radius 2 is 2.06 bits per heavy atom. The lowest BCUT2D eigenvalue weighted by Gasteiger charge is -2.10. The van der Waals surface area contributed by atoms with Gasteiger partial charge >= 0.3 is 0 Å². The first-order valence-corrected chi connectivity index (χ1v) is 6.04. The van der Waals surface area contributed by atoms with Crippen molar-refractivity contribution in [2.75, 3.05) is 0 Å². The molecule has 2 rings (SSSR count). The Labute approximate surface area is 110 Å². The van der Waals surface area contributed by atoms with Crippen LogP contribution in [0.4, 0.5) is 4.39 Å². The first kappa shape index (κ1) is 13.1. The molecule has 18 heavy (non-hydrogen) atoms. The minimum absolute atomic E-state index is 0.0693. The smallest absolute Gasteiger partial charge is 0.141 e. The summed E-state index contributed by atoms with van der Waals surface area (Å²) in [5, 5.41) is 10.2. The number of aliphatic hydroxyl groups is 1. The van der Waals surface area contributed by atoms with Gasteiger partial charge in [0.15, 0.2) is 0 Å². The van der Waals surface area contributed by atoms with Crippen LogP contribution in [0.15, 0.2) is 28.7 Å². The van der Waals surface area contributed by atoms with Crippen molar-refractivity contribution in [2.45, 2.75) is 26.4 Å². The fourth-order valence-corrected chi connectivity index (χ4v) is 2.18. The highest BCUT2D eigenvalue weighted by Crippen LogP contribution is 2.26. The Morgan fingerprint density at radius 1 is 1.33 bits per heavy atom. The van der Waals surface area contributed by atoms with Gasteiger partial charge in [-0.25, -0.2) is 4.39 Å². The zero-order valence-corrected chi connectivity index (χ0v) is 11.0. The highest BCUT2D eigenvalue weighted by molar-refractivity contribution is 6.30. The average molecular weight is 269 g/mol. The third kappa shape index (κ3) is 2.74. The maximum absolute atomic E-state index is 13.0. The van der Waals surface area contributed by atoms with E-state index in [0.717, 1.165) is 16.9 Å². The molecule has 0 amide bonds. The first-order valence-electron chi connectivity index (χ1n) is 5.66. The Morgan fingerprint density at radius 3 is 2.61 bits per heavy atom. The zero-order chi connectivity index (χ0) is 13.3. The molecule has 1 heterocycles. The average Bonchev–Trinajstić information content (AvgIpc) is 2.63. The molecule has 0 bridgehead atoms. The van der Waals surface area contributed by atoms with E-state index in [0.29, 0.717) is 12.2 Å². The van der Waals surface area contributed by atoms with E-state index >= 15 is 0 Å². The minimum Gasteiger partial charge on any atom is -0.466 e. The van der Waals surface area contributed by atoms with Crippen LogP contribution >= 0.6 is 11.6 Å². The largest absolute Gasteiger partial charge is 0.466 e.